The number of rotatable bonds is 7. The second-order valence-corrected chi connectivity index (χ2v) is 10.6. The first-order chi connectivity index (χ1) is 18.0. The van der Waals surface area contributed by atoms with Crippen LogP contribution >= 0.6 is 23.2 Å². The summed E-state index contributed by atoms with van der Waals surface area (Å²) in [6.45, 7) is 6.06. The number of anilines is 3. The third kappa shape index (κ3) is 6.65. The maximum atomic E-state index is 13.1. The van der Waals surface area contributed by atoms with Gasteiger partial charge in [-0.05, 0) is 63.4 Å². The molecule has 0 spiro atoms. The summed E-state index contributed by atoms with van der Waals surface area (Å²) in [6, 6.07) is 12.9. The minimum absolute atomic E-state index is 0.0798. The van der Waals surface area contributed by atoms with Crippen molar-refractivity contribution in [2.24, 2.45) is 0 Å². The first-order valence-corrected chi connectivity index (χ1v) is 12.8. The number of ether oxygens (including phenoxy) is 2. The molecule has 2 heterocycles. The van der Waals surface area contributed by atoms with Crippen molar-refractivity contribution >= 4 is 52.5 Å². The van der Waals surface area contributed by atoms with E-state index < -0.39 is 5.60 Å². The fourth-order valence-corrected chi connectivity index (χ4v) is 4.36. The lowest BCUT2D eigenvalue weighted by Gasteiger charge is -2.29. The third-order valence-corrected chi connectivity index (χ3v) is 6.25. The van der Waals surface area contributed by atoms with Gasteiger partial charge in [0.15, 0.2) is 6.73 Å². The van der Waals surface area contributed by atoms with Crippen molar-refractivity contribution in [2.75, 3.05) is 30.5 Å². The van der Waals surface area contributed by atoms with Gasteiger partial charge < -0.3 is 19.7 Å². The molecule has 1 aliphatic heterocycles. The Hall–Kier alpha value is -3.56. The number of carbonyl (C=O) groups is 2. The molecule has 0 unspecified atom stereocenters. The van der Waals surface area contributed by atoms with Gasteiger partial charge in [0.2, 0.25) is 11.8 Å². The minimum atomic E-state index is -0.511. The van der Waals surface area contributed by atoms with Crippen LogP contribution in [0.25, 0.3) is 0 Å². The van der Waals surface area contributed by atoms with Crippen LogP contribution < -0.4 is 15.0 Å². The van der Waals surface area contributed by atoms with E-state index in [2.05, 4.69) is 15.3 Å². The summed E-state index contributed by atoms with van der Waals surface area (Å²) < 4.78 is 11.1. The van der Waals surface area contributed by atoms with E-state index in [1.807, 2.05) is 45.0 Å². The zero-order valence-corrected chi connectivity index (χ0v) is 23.1. The van der Waals surface area contributed by atoms with Crippen LogP contribution in [0.1, 0.15) is 43.1 Å². The lowest BCUT2D eigenvalue weighted by atomic mass is 10.1. The Morgan fingerprint density at radius 1 is 1.16 bits per heavy atom. The second-order valence-electron chi connectivity index (χ2n) is 9.82. The van der Waals surface area contributed by atoms with Gasteiger partial charge in [-0.1, -0.05) is 41.4 Å². The molecule has 0 saturated heterocycles. The number of halogens is 2. The molecule has 0 fully saturated rings. The summed E-state index contributed by atoms with van der Waals surface area (Å²) in [5, 5.41) is 3.82. The molecular weight excluding hydrogens is 529 g/mol. The minimum Gasteiger partial charge on any atom is -0.455 e. The number of hydrogen-bond donors (Lipinski definition) is 1. The number of amides is 2. The fraction of sp³-hybridized carbons (Fsp3) is 0.333. The lowest BCUT2D eigenvalue weighted by molar-refractivity contribution is 0.0297. The van der Waals surface area contributed by atoms with Crippen molar-refractivity contribution < 1.29 is 19.1 Å². The first-order valence-electron chi connectivity index (χ1n) is 12.1. The second kappa shape index (κ2) is 11.4. The summed E-state index contributed by atoms with van der Waals surface area (Å²) in [6.07, 6.45) is 2.70. The van der Waals surface area contributed by atoms with Crippen molar-refractivity contribution in [1.29, 1.82) is 0 Å². The molecule has 4 rings (SSSR count). The average Bonchev–Trinajstić information content (AvgIpc) is 2.85. The van der Waals surface area contributed by atoms with Crippen molar-refractivity contribution in [1.82, 2.24) is 14.9 Å². The molecule has 11 heteroatoms. The first kappa shape index (κ1) is 27.5. The number of benzene rings is 2. The molecule has 0 atom stereocenters. The Balaban J connectivity index is 1.34. The van der Waals surface area contributed by atoms with Gasteiger partial charge in [0.05, 0.1) is 15.7 Å². The van der Waals surface area contributed by atoms with Crippen molar-refractivity contribution in [2.45, 2.75) is 39.2 Å². The molecule has 9 nitrogen and oxygen atoms in total. The van der Waals surface area contributed by atoms with Crippen LogP contribution in [0.2, 0.25) is 10.0 Å². The zero-order valence-electron chi connectivity index (χ0n) is 21.6. The van der Waals surface area contributed by atoms with E-state index in [0.29, 0.717) is 28.2 Å². The van der Waals surface area contributed by atoms with Crippen LogP contribution in [0.5, 0.6) is 5.88 Å². The summed E-state index contributed by atoms with van der Waals surface area (Å²) in [5.74, 6) is 0.125. The number of carbonyl (C=O) groups excluding carboxylic acids is 2. The van der Waals surface area contributed by atoms with E-state index in [1.54, 1.807) is 30.1 Å². The van der Waals surface area contributed by atoms with Gasteiger partial charge in [-0.3, -0.25) is 9.69 Å². The van der Waals surface area contributed by atoms with Gasteiger partial charge >= 0.3 is 6.09 Å². The van der Waals surface area contributed by atoms with E-state index in [1.165, 1.54) is 11.1 Å². The van der Waals surface area contributed by atoms with E-state index in [9.17, 15) is 9.59 Å². The quantitative estimate of drug-likeness (QED) is 0.362. The number of fused-ring (bicyclic) bond motifs is 1. The smallest absolute Gasteiger partial charge is 0.410 e. The largest absolute Gasteiger partial charge is 0.455 e. The van der Waals surface area contributed by atoms with E-state index >= 15 is 0 Å². The molecule has 1 aliphatic rings. The molecule has 1 aromatic heterocycles. The van der Waals surface area contributed by atoms with Gasteiger partial charge in [0.25, 0.3) is 5.91 Å². The van der Waals surface area contributed by atoms with Crippen molar-refractivity contribution in [3.05, 3.63) is 69.8 Å². The number of aromatic nitrogens is 2. The van der Waals surface area contributed by atoms with Gasteiger partial charge in [0, 0.05) is 25.5 Å². The van der Waals surface area contributed by atoms with Gasteiger partial charge in [-0.25, -0.2) is 9.78 Å². The molecule has 1 N–H and O–H groups in total. The number of hydrogen-bond acceptors (Lipinski definition) is 7. The normalized spacial score (nSPS) is 13.0. The zero-order chi connectivity index (χ0) is 27.4. The lowest BCUT2D eigenvalue weighted by Crippen LogP contribution is -2.39. The standard InChI is InChI=1S/C27H29Cl2N5O4/c1-27(2,3)38-26(36)33(4)14-6-7-17-10-12-18(13-11-17)31-25-30-15-19-23(32-25)37-16-34(24(19)35)22-20(28)8-5-9-21(22)29/h5,8-13,15H,6-7,14,16H2,1-4H3,(H,30,31,32). The van der Waals surface area contributed by atoms with E-state index in [0.717, 1.165) is 24.1 Å². The molecule has 2 amide bonds. The predicted octanol–water partition coefficient (Wildman–Crippen LogP) is 6.32. The van der Waals surface area contributed by atoms with Crippen molar-refractivity contribution in [3.8, 4) is 5.88 Å². The van der Waals surface area contributed by atoms with Gasteiger partial charge in [0.1, 0.15) is 11.2 Å². The molecule has 2 aromatic carbocycles. The van der Waals surface area contributed by atoms with Gasteiger partial charge in [-0.2, -0.15) is 4.98 Å². The number of aryl methyl sites for hydroxylation is 1. The van der Waals surface area contributed by atoms with Gasteiger partial charge in [-0.15, -0.1) is 0 Å². The molecule has 0 aliphatic carbocycles. The summed E-state index contributed by atoms with van der Waals surface area (Å²) in [7, 11) is 1.74. The Bertz CT molecular complexity index is 1310. The van der Waals surface area contributed by atoms with E-state index in [-0.39, 0.29) is 30.2 Å². The van der Waals surface area contributed by atoms with Crippen LogP contribution in [-0.4, -0.2) is 52.8 Å². The Kier molecular flexibility index (Phi) is 8.28. The maximum Gasteiger partial charge on any atom is 0.410 e. The van der Waals surface area contributed by atoms with Crippen LogP contribution in [-0.2, 0) is 11.2 Å². The highest BCUT2D eigenvalue weighted by atomic mass is 35.5. The Morgan fingerprint density at radius 2 is 1.84 bits per heavy atom. The summed E-state index contributed by atoms with van der Waals surface area (Å²) >= 11 is 12.5. The monoisotopic (exact) mass is 557 g/mol. The van der Waals surface area contributed by atoms with E-state index in [4.69, 9.17) is 32.7 Å². The molecule has 3 aromatic rings. The highest BCUT2D eigenvalue weighted by Gasteiger charge is 2.31. The summed E-state index contributed by atoms with van der Waals surface area (Å²) in [5.41, 5.74) is 2.00. The van der Waals surface area contributed by atoms with Crippen LogP contribution in [0.4, 0.5) is 22.1 Å². The van der Waals surface area contributed by atoms with Crippen LogP contribution in [0.3, 0.4) is 0 Å². The third-order valence-electron chi connectivity index (χ3n) is 5.64. The molecule has 0 bridgehead atoms. The molecule has 200 valence electrons. The fourth-order valence-electron chi connectivity index (χ4n) is 3.76. The molecule has 0 radical (unpaired) electrons. The predicted molar refractivity (Wildman–Crippen MR) is 148 cm³/mol. The topological polar surface area (TPSA) is 96.9 Å². The SMILES string of the molecule is CN(CCCc1ccc(Nc2ncc3c(n2)OCN(c2c(Cl)cccc2Cl)C3=O)cc1)C(=O)OC(C)(C)C. The Morgan fingerprint density at radius 3 is 2.50 bits per heavy atom. The Labute approximate surface area is 231 Å². The number of para-hydroxylation sites is 1. The average molecular weight is 558 g/mol. The molecule has 38 heavy (non-hydrogen) atoms. The maximum absolute atomic E-state index is 13.1. The summed E-state index contributed by atoms with van der Waals surface area (Å²) in [4.78, 5) is 36.7. The number of nitrogens with zero attached hydrogens (tertiary/aromatic N) is 4. The number of nitrogens with one attached hydrogen (secondary N) is 1. The van der Waals surface area contributed by atoms with Crippen LogP contribution in [0, 0.1) is 0 Å². The van der Waals surface area contributed by atoms with Crippen molar-refractivity contribution in [3.63, 3.8) is 0 Å². The highest BCUT2D eigenvalue weighted by molar-refractivity contribution is 6.40. The molecular formula is C27H29Cl2N5O4. The molecule has 0 saturated carbocycles. The highest BCUT2D eigenvalue weighted by Crippen LogP contribution is 2.37. The van der Waals surface area contributed by atoms with Crippen LogP contribution in [0.15, 0.2) is 48.7 Å².